The molecule has 0 aromatic heterocycles. The second kappa shape index (κ2) is 3.42. The summed E-state index contributed by atoms with van der Waals surface area (Å²) in [5.41, 5.74) is 8.16. The number of hydrogen-bond acceptors (Lipinski definition) is 2. The Morgan fingerprint density at radius 3 is 3.00 bits per heavy atom. The molecule has 3 heteroatoms. The van der Waals surface area contributed by atoms with Crippen molar-refractivity contribution in [1.29, 1.82) is 5.41 Å². The fraction of sp³-hybridized carbons (Fsp3) is 0.300. The molecule has 3 N–H and O–H groups in total. The highest BCUT2D eigenvalue weighted by Gasteiger charge is 2.22. The van der Waals surface area contributed by atoms with E-state index in [2.05, 4.69) is 24.3 Å². The Kier molecular flexibility index (Phi) is 2.27. The van der Waals surface area contributed by atoms with Gasteiger partial charge in [-0.05, 0) is 24.0 Å². The first-order valence-electron chi connectivity index (χ1n) is 4.36. The van der Waals surface area contributed by atoms with Gasteiger partial charge in [0, 0.05) is 5.25 Å². The van der Waals surface area contributed by atoms with Gasteiger partial charge in [-0.3, -0.25) is 5.41 Å². The predicted molar refractivity (Wildman–Crippen MR) is 57.0 cm³/mol. The molecule has 0 saturated carbocycles. The van der Waals surface area contributed by atoms with Gasteiger partial charge in [0.1, 0.15) is 0 Å². The molecule has 0 aliphatic heterocycles. The average molecular weight is 192 g/mol. The summed E-state index contributed by atoms with van der Waals surface area (Å²) in [6.07, 6.45) is 2.24. The zero-order valence-electron chi connectivity index (χ0n) is 7.29. The minimum absolute atomic E-state index is 0.224. The number of fused-ring (bicyclic) bond motifs is 1. The molecule has 0 bridgehead atoms. The van der Waals surface area contributed by atoms with Gasteiger partial charge in [0.15, 0.2) is 5.17 Å². The molecular weight excluding hydrogens is 180 g/mol. The Bertz CT molecular complexity index is 335. The highest BCUT2D eigenvalue weighted by molar-refractivity contribution is 8.13. The fourth-order valence-corrected chi connectivity index (χ4v) is 2.69. The molecule has 1 atom stereocenters. The summed E-state index contributed by atoms with van der Waals surface area (Å²) in [6.45, 7) is 0. The Morgan fingerprint density at radius 2 is 2.23 bits per heavy atom. The van der Waals surface area contributed by atoms with Crippen LogP contribution in [0, 0.1) is 5.41 Å². The molecular formula is C10H12N2S. The van der Waals surface area contributed by atoms with E-state index < -0.39 is 0 Å². The fourth-order valence-electron chi connectivity index (χ4n) is 1.79. The summed E-state index contributed by atoms with van der Waals surface area (Å²) >= 11 is 1.47. The van der Waals surface area contributed by atoms with Crippen LogP contribution in [-0.4, -0.2) is 5.17 Å². The van der Waals surface area contributed by atoms with Gasteiger partial charge in [0.2, 0.25) is 0 Å². The molecule has 13 heavy (non-hydrogen) atoms. The van der Waals surface area contributed by atoms with E-state index in [4.69, 9.17) is 11.1 Å². The van der Waals surface area contributed by atoms with Crippen molar-refractivity contribution in [1.82, 2.24) is 0 Å². The number of nitrogens with two attached hydrogens (primary N) is 1. The maximum Gasteiger partial charge on any atom is 0.151 e. The van der Waals surface area contributed by atoms with Gasteiger partial charge in [-0.15, -0.1) is 0 Å². The SMILES string of the molecule is N=C(N)S[C@@H]1CCc2ccccc21. The van der Waals surface area contributed by atoms with Crippen LogP contribution in [0.3, 0.4) is 0 Å². The van der Waals surface area contributed by atoms with Crippen molar-refractivity contribution < 1.29 is 0 Å². The first kappa shape index (κ1) is 8.63. The summed E-state index contributed by atoms with van der Waals surface area (Å²) in [4.78, 5) is 0. The molecule has 0 fully saturated rings. The molecule has 1 aromatic rings. The third kappa shape index (κ3) is 1.70. The molecule has 1 aliphatic rings. The van der Waals surface area contributed by atoms with Crippen LogP contribution in [0.2, 0.25) is 0 Å². The number of aryl methyl sites for hydroxylation is 1. The van der Waals surface area contributed by atoms with Crippen molar-refractivity contribution in [3.8, 4) is 0 Å². The number of amidine groups is 1. The number of hydrogen-bond donors (Lipinski definition) is 2. The lowest BCUT2D eigenvalue weighted by Crippen LogP contribution is -2.06. The number of benzene rings is 1. The summed E-state index contributed by atoms with van der Waals surface area (Å²) in [5.74, 6) is 0. The van der Waals surface area contributed by atoms with Gasteiger partial charge < -0.3 is 5.73 Å². The summed E-state index contributed by atoms with van der Waals surface area (Å²) < 4.78 is 0. The first-order chi connectivity index (χ1) is 6.27. The van der Waals surface area contributed by atoms with Gasteiger partial charge in [0.05, 0.1) is 0 Å². The standard InChI is InChI=1S/C10H12N2S/c11-10(12)13-9-6-5-7-3-1-2-4-8(7)9/h1-4,9H,5-6H2,(H3,11,12)/t9-/m1/s1. The molecule has 1 aromatic carbocycles. The second-order valence-electron chi connectivity index (χ2n) is 3.21. The van der Waals surface area contributed by atoms with Crippen molar-refractivity contribution in [3.05, 3.63) is 35.4 Å². The third-order valence-corrected chi connectivity index (χ3v) is 3.38. The maximum absolute atomic E-state index is 7.24. The zero-order valence-corrected chi connectivity index (χ0v) is 8.10. The third-order valence-electron chi connectivity index (χ3n) is 2.35. The summed E-state index contributed by atoms with van der Waals surface area (Å²) in [5, 5.41) is 7.88. The minimum atomic E-state index is 0.224. The van der Waals surface area contributed by atoms with Crippen LogP contribution in [0.4, 0.5) is 0 Å². The largest absolute Gasteiger partial charge is 0.379 e. The normalized spacial score (nSPS) is 19.8. The molecule has 0 spiro atoms. The lowest BCUT2D eigenvalue weighted by Gasteiger charge is -2.08. The van der Waals surface area contributed by atoms with Crippen molar-refractivity contribution in [2.24, 2.45) is 5.73 Å². The number of rotatable bonds is 1. The Labute approximate surface area is 82.0 Å². The van der Waals surface area contributed by atoms with Gasteiger partial charge in [0.25, 0.3) is 0 Å². The van der Waals surface area contributed by atoms with Gasteiger partial charge in [-0.25, -0.2) is 0 Å². The summed E-state index contributed by atoms with van der Waals surface area (Å²) in [6, 6.07) is 8.43. The highest BCUT2D eigenvalue weighted by atomic mass is 32.2. The minimum Gasteiger partial charge on any atom is -0.379 e. The lowest BCUT2D eigenvalue weighted by molar-refractivity contribution is 0.894. The van der Waals surface area contributed by atoms with E-state index in [9.17, 15) is 0 Å². The van der Waals surface area contributed by atoms with Gasteiger partial charge >= 0.3 is 0 Å². The van der Waals surface area contributed by atoms with Gasteiger partial charge in [-0.2, -0.15) is 0 Å². The van der Waals surface area contributed by atoms with Crippen LogP contribution >= 0.6 is 11.8 Å². The Morgan fingerprint density at radius 1 is 1.46 bits per heavy atom. The second-order valence-corrected chi connectivity index (χ2v) is 4.45. The number of thioether (sulfide) groups is 1. The van der Waals surface area contributed by atoms with E-state index in [0.29, 0.717) is 5.25 Å². The molecule has 0 unspecified atom stereocenters. The predicted octanol–water partition coefficient (Wildman–Crippen LogP) is 2.30. The van der Waals surface area contributed by atoms with Crippen LogP contribution in [0.25, 0.3) is 0 Å². The Balaban J connectivity index is 2.23. The monoisotopic (exact) mass is 192 g/mol. The van der Waals surface area contributed by atoms with Crippen molar-refractivity contribution in [2.75, 3.05) is 0 Å². The van der Waals surface area contributed by atoms with Gasteiger partial charge in [-0.1, -0.05) is 36.0 Å². The van der Waals surface area contributed by atoms with Crippen LogP contribution in [0.1, 0.15) is 22.8 Å². The lowest BCUT2D eigenvalue weighted by atomic mass is 10.1. The molecule has 2 nitrogen and oxygen atoms in total. The van der Waals surface area contributed by atoms with Crippen LogP contribution < -0.4 is 5.73 Å². The smallest absolute Gasteiger partial charge is 0.151 e. The maximum atomic E-state index is 7.24. The van der Waals surface area contributed by atoms with Crippen molar-refractivity contribution in [3.63, 3.8) is 0 Å². The van der Waals surface area contributed by atoms with Crippen molar-refractivity contribution in [2.45, 2.75) is 18.1 Å². The molecule has 2 rings (SSSR count). The number of nitrogens with one attached hydrogen (secondary N) is 1. The molecule has 0 radical (unpaired) electrons. The molecule has 1 aliphatic carbocycles. The molecule has 0 heterocycles. The zero-order chi connectivity index (χ0) is 9.26. The van der Waals surface area contributed by atoms with Crippen molar-refractivity contribution >= 4 is 16.9 Å². The van der Waals surface area contributed by atoms with Crippen LogP contribution in [0.15, 0.2) is 24.3 Å². The van der Waals surface area contributed by atoms with E-state index in [1.807, 2.05) is 0 Å². The Hall–Kier alpha value is -0.960. The van der Waals surface area contributed by atoms with E-state index in [-0.39, 0.29) is 5.17 Å². The quantitative estimate of drug-likeness (QED) is 0.530. The molecule has 68 valence electrons. The van der Waals surface area contributed by atoms with E-state index in [1.54, 1.807) is 0 Å². The van der Waals surface area contributed by atoms with Crippen LogP contribution in [0.5, 0.6) is 0 Å². The average Bonchev–Trinajstić information content (AvgIpc) is 2.48. The van der Waals surface area contributed by atoms with Crippen LogP contribution in [-0.2, 0) is 6.42 Å². The summed E-state index contributed by atoms with van der Waals surface area (Å²) in [7, 11) is 0. The highest BCUT2D eigenvalue weighted by Crippen LogP contribution is 2.40. The first-order valence-corrected chi connectivity index (χ1v) is 5.24. The molecule has 0 saturated heterocycles. The van der Waals surface area contributed by atoms with E-state index in [1.165, 1.54) is 22.9 Å². The van der Waals surface area contributed by atoms with E-state index >= 15 is 0 Å². The topological polar surface area (TPSA) is 49.9 Å². The van der Waals surface area contributed by atoms with E-state index in [0.717, 1.165) is 12.8 Å². The molecule has 0 amide bonds.